The average Bonchev–Trinajstić information content (AvgIpc) is 3.25. The summed E-state index contributed by atoms with van der Waals surface area (Å²) in [6.07, 6.45) is 8.49. The third-order valence-electron chi connectivity index (χ3n) is 5.28. The highest BCUT2D eigenvalue weighted by atomic mass is 16.2. The Morgan fingerprint density at radius 3 is 2.76 bits per heavy atom. The van der Waals surface area contributed by atoms with Gasteiger partial charge in [-0.3, -0.25) is 19.6 Å². The van der Waals surface area contributed by atoms with Crippen molar-refractivity contribution >= 4 is 39.4 Å². The van der Waals surface area contributed by atoms with E-state index in [1.54, 1.807) is 24.8 Å². The van der Waals surface area contributed by atoms with E-state index in [1.165, 1.54) is 6.92 Å². The van der Waals surface area contributed by atoms with Gasteiger partial charge < -0.3 is 15.6 Å². The molecule has 33 heavy (non-hydrogen) atoms. The zero-order chi connectivity index (χ0) is 22.8. The molecule has 5 aromatic rings. The van der Waals surface area contributed by atoms with Crippen LogP contribution >= 0.6 is 0 Å². The molecule has 0 saturated heterocycles. The maximum absolute atomic E-state index is 12.7. The van der Waals surface area contributed by atoms with Gasteiger partial charge in [0.1, 0.15) is 5.65 Å². The first-order chi connectivity index (χ1) is 16.1. The molecule has 0 unspecified atom stereocenters. The molecule has 0 saturated carbocycles. The van der Waals surface area contributed by atoms with Crippen molar-refractivity contribution in [2.24, 2.45) is 0 Å². The topological polar surface area (TPSA) is 113 Å². The largest absolute Gasteiger partial charge is 0.348 e. The van der Waals surface area contributed by atoms with Crippen LogP contribution in [-0.2, 0) is 11.3 Å². The lowest BCUT2D eigenvalue weighted by Crippen LogP contribution is -2.22. The maximum Gasteiger partial charge on any atom is 0.253 e. The third kappa shape index (κ3) is 4.27. The fourth-order valence-corrected chi connectivity index (χ4v) is 3.72. The van der Waals surface area contributed by atoms with Crippen molar-refractivity contribution in [1.29, 1.82) is 0 Å². The van der Waals surface area contributed by atoms with Gasteiger partial charge in [-0.05, 0) is 41.5 Å². The zero-order valence-corrected chi connectivity index (χ0v) is 17.8. The van der Waals surface area contributed by atoms with E-state index in [9.17, 15) is 9.59 Å². The molecule has 0 aliphatic rings. The first-order valence-corrected chi connectivity index (χ1v) is 10.4. The number of nitrogens with zero attached hydrogens (tertiary/aromatic N) is 3. The molecule has 0 radical (unpaired) electrons. The summed E-state index contributed by atoms with van der Waals surface area (Å²) in [5.74, 6) is -0.354. The lowest BCUT2D eigenvalue weighted by Gasteiger charge is -2.07. The first kappa shape index (κ1) is 20.3. The second-order valence-corrected chi connectivity index (χ2v) is 7.68. The minimum absolute atomic E-state index is 0.149. The van der Waals surface area contributed by atoms with Gasteiger partial charge in [-0.25, -0.2) is 4.98 Å². The lowest BCUT2D eigenvalue weighted by atomic mass is 10.0. The summed E-state index contributed by atoms with van der Waals surface area (Å²) in [5.41, 5.74) is 5.42. The summed E-state index contributed by atoms with van der Waals surface area (Å²) in [6, 6.07) is 13.4. The van der Waals surface area contributed by atoms with Gasteiger partial charge in [0.05, 0.1) is 23.0 Å². The maximum atomic E-state index is 12.7. The Morgan fingerprint density at radius 2 is 1.94 bits per heavy atom. The average molecular weight is 436 g/mol. The molecular weight excluding hydrogens is 416 g/mol. The predicted octanol–water partition coefficient (Wildman–Crippen LogP) is 4.06. The van der Waals surface area contributed by atoms with Gasteiger partial charge in [-0.2, -0.15) is 0 Å². The lowest BCUT2D eigenvalue weighted by molar-refractivity contribution is -0.114. The van der Waals surface area contributed by atoms with Gasteiger partial charge in [0.25, 0.3) is 5.91 Å². The van der Waals surface area contributed by atoms with Crippen molar-refractivity contribution in [3.63, 3.8) is 0 Å². The molecule has 0 atom stereocenters. The molecule has 0 aliphatic heterocycles. The monoisotopic (exact) mass is 436 g/mol. The molecule has 8 nitrogen and oxygen atoms in total. The number of benzene rings is 1. The Morgan fingerprint density at radius 1 is 1.03 bits per heavy atom. The number of aromatic nitrogens is 4. The number of anilines is 1. The number of amides is 2. The summed E-state index contributed by atoms with van der Waals surface area (Å²) in [7, 11) is 0. The summed E-state index contributed by atoms with van der Waals surface area (Å²) >= 11 is 0. The number of hydrogen-bond acceptors (Lipinski definition) is 5. The van der Waals surface area contributed by atoms with Crippen LogP contribution in [0.1, 0.15) is 22.8 Å². The van der Waals surface area contributed by atoms with Crippen molar-refractivity contribution in [3.05, 3.63) is 84.6 Å². The highest BCUT2D eigenvalue weighted by molar-refractivity contribution is 6.02. The number of H-pyrrole nitrogens is 1. The number of hydrogen-bond donors (Lipinski definition) is 3. The molecule has 0 aliphatic carbocycles. The second kappa shape index (κ2) is 8.51. The molecule has 8 heteroatoms. The SMILES string of the molecule is CC(=O)Nc1cnc2ccc(-c3c[nH]c4ncc(C(=O)NCc5cccnc5)cc34)cc2c1. The van der Waals surface area contributed by atoms with Crippen LogP contribution in [0.2, 0.25) is 0 Å². The summed E-state index contributed by atoms with van der Waals surface area (Å²) in [6.45, 7) is 1.85. The number of carbonyl (C=O) groups excluding carboxylic acids is 2. The predicted molar refractivity (Wildman–Crippen MR) is 127 cm³/mol. The number of nitrogens with one attached hydrogen (secondary N) is 3. The van der Waals surface area contributed by atoms with E-state index < -0.39 is 0 Å². The van der Waals surface area contributed by atoms with Gasteiger partial charge >= 0.3 is 0 Å². The van der Waals surface area contributed by atoms with Gasteiger partial charge in [-0.1, -0.05) is 12.1 Å². The van der Waals surface area contributed by atoms with Crippen LogP contribution in [0.25, 0.3) is 33.1 Å². The molecule has 162 valence electrons. The summed E-state index contributed by atoms with van der Waals surface area (Å²) < 4.78 is 0. The smallest absolute Gasteiger partial charge is 0.253 e. The molecule has 2 amide bonds. The molecule has 1 aromatic carbocycles. The minimum Gasteiger partial charge on any atom is -0.348 e. The quantitative estimate of drug-likeness (QED) is 0.385. The highest BCUT2D eigenvalue weighted by Crippen LogP contribution is 2.31. The molecule has 0 spiro atoms. The number of carbonyl (C=O) groups is 2. The van der Waals surface area contributed by atoms with E-state index in [4.69, 9.17) is 0 Å². The van der Waals surface area contributed by atoms with E-state index in [1.807, 2.05) is 48.7 Å². The van der Waals surface area contributed by atoms with Crippen LogP contribution in [0.3, 0.4) is 0 Å². The van der Waals surface area contributed by atoms with Crippen molar-refractivity contribution in [2.45, 2.75) is 13.5 Å². The number of fused-ring (bicyclic) bond motifs is 2. The van der Waals surface area contributed by atoms with Crippen LogP contribution in [0.5, 0.6) is 0 Å². The number of rotatable bonds is 5. The van der Waals surface area contributed by atoms with Crippen LogP contribution in [0.15, 0.2) is 73.4 Å². The highest BCUT2D eigenvalue weighted by Gasteiger charge is 2.13. The Hall–Kier alpha value is -4.59. The molecule has 4 heterocycles. The van der Waals surface area contributed by atoms with Gasteiger partial charge in [-0.15, -0.1) is 0 Å². The van der Waals surface area contributed by atoms with E-state index in [2.05, 4.69) is 30.6 Å². The fourth-order valence-electron chi connectivity index (χ4n) is 3.72. The van der Waals surface area contributed by atoms with Crippen molar-refractivity contribution in [1.82, 2.24) is 25.3 Å². The van der Waals surface area contributed by atoms with E-state index in [0.717, 1.165) is 33.0 Å². The van der Waals surface area contributed by atoms with Gasteiger partial charge in [0.2, 0.25) is 5.91 Å². The molecular formula is C25H20N6O2. The molecule has 5 rings (SSSR count). The first-order valence-electron chi connectivity index (χ1n) is 10.4. The van der Waals surface area contributed by atoms with Crippen molar-refractivity contribution in [2.75, 3.05) is 5.32 Å². The Labute approximate surface area is 189 Å². The Bertz CT molecular complexity index is 1490. The van der Waals surface area contributed by atoms with Crippen LogP contribution in [-0.4, -0.2) is 31.8 Å². The standard InChI is InChI=1S/C25H20N6O2/c1-15(32)31-20-8-18-7-17(4-5-23(18)27-13-20)22-14-29-24-21(22)9-19(12-28-24)25(33)30-11-16-3-2-6-26-10-16/h2-10,12-14H,11H2,1H3,(H,28,29)(H,30,33)(H,31,32). The van der Waals surface area contributed by atoms with Crippen molar-refractivity contribution < 1.29 is 9.59 Å². The summed E-state index contributed by atoms with van der Waals surface area (Å²) in [4.78, 5) is 40.2. The van der Waals surface area contributed by atoms with E-state index in [0.29, 0.717) is 23.4 Å². The van der Waals surface area contributed by atoms with Gasteiger partial charge in [0.15, 0.2) is 0 Å². The molecule has 0 bridgehead atoms. The fraction of sp³-hybridized carbons (Fsp3) is 0.0800. The van der Waals surface area contributed by atoms with Crippen LogP contribution in [0, 0.1) is 0 Å². The van der Waals surface area contributed by atoms with Crippen LogP contribution in [0.4, 0.5) is 5.69 Å². The Balaban J connectivity index is 1.46. The molecule has 4 aromatic heterocycles. The van der Waals surface area contributed by atoms with Crippen molar-refractivity contribution in [3.8, 4) is 11.1 Å². The minimum atomic E-state index is -0.205. The second-order valence-electron chi connectivity index (χ2n) is 7.68. The van der Waals surface area contributed by atoms with Gasteiger partial charge in [0, 0.05) is 54.6 Å². The van der Waals surface area contributed by atoms with E-state index >= 15 is 0 Å². The zero-order valence-electron chi connectivity index (χ0n) is 17.8. The molecule has 3 N–H and O–H groups in total. The third-order valence-corrected chi connectivity index (χ3v) is 5.28. The summed E-state index contributed by atoms with van der Waals surface area (Å²) in [5, 5.41) is 7.40. The Kier molecular flexibility index (Phi) is 5.24. The normalized spacial score (nSPS) is 10.9. The van der Waals surface area contributed by atoms with E-state index in [-0.39, 0.29) is 11.8 Å². The molecule has 0 fully saturated rings. The van der Waals surface area contributed by atoms with Crippen LogP contribution < -0.4 is 10.6 Å². The number of aromatic amines is 1. The number of pyridine rings is 3.